The summed E-state index contributed by atoms with van der Waals surface area (Å²) in [6.45, 7) is 3.49. The molecule has 1 atom stereocenters. The smallest absolute Gasteiger partial charge is 0.310 e. The number of hydrogen-bond acceptors (Lipinski definition) is 4. The highest BCUT2D eigenvalue weighted by molar-refractivity contribution is 6.30. The van der Waals surface area contributed by atoms with Crippen LogP contribution in [0.15, 0.2) is 42.5 Å². The van der Waals surface area contributed by atoms with Crippen LogP contribution in [-0.2, 0) is 14.3 Å². The quantitative estimate of drug-likeness (QED) is 0.735. The zero-order valence-electron chi connectivity index (χ0n) is 14.4. The highest BCUT2D eigenvalue weighted by Crippen LogP contribution is 2.19. The van der Waals surface area contributed by atoms with Crippen LogP contribution < -0.4 is 10.1 Å². The Morgan fingerprint density at radius 1 is 1.19 bits per heavy atom. The van der Waals surface area contributed by atoms with Gasteiger partial charge in [-0.15, -0.1) is 0 Å². The molecule has 0 radical (unpaired) electrons. The second kappa shape index (κ2) is 9.20. The van der Waals surface area contributed by atoms with E-state index < -0.39 is 23.8 Å². The van der Waals surface area contributed by atoms with Crippen LogP contribution in [0, 0.1) is 12.7 Å². The van der Waals surface area contributed by atoms with E-state index in [1.54, 1.807) is 12.1 Å². The van der Waals surface area contributed by atoms with Crippen LogP contribution in [0.5, 0.6) is 5.75 Å². The first-order valence-corrected chi connectivity index (χ1v) is 8.38. The molecule has 2 rings (SSSR count). The summed E-state index contributed by atoms with van der Waals surface area (Å²) in [7, 11) is 0. The molecule has 2 aromatic carbocycles. The lowest BCUT2D eigenvalue weighted by Crippen LogP contribution is -2.30. The summed E-state index contributed by atoms with van der Waals surface area (Å²) in [6, 6.07) is 11.3. The second-order valence-corrected chi connectivity index (χ2v) is 6.09. The molecule has 0 bridgehead atoms. The van der Waals surface area contributed by atoms with Crippen molar-refractivity contribution in [3.8, 4) is 5.75 Å². The SMILES string of the molecule is Cc1ccc(OCCC(=O)O[C@@H](C)C(=O)Nc2ccc(Cl)cc2F)cc1. The summed E-state index contributed by atoms with van der Waals surface area (Å²) in [5.41, 5.74) is 1.07. The van der Waals surface area contributed by atoms with Gasteiger partial charge in [0, 0.05) is 5.02 Å². The Bertz CT molecular complexity index is 780. The number of carbonyl (C=O) groups is 2. The normalized spacial score (nSPS) is 11.5. The van der Waals surface area contributed by atoms with Gasteiger partial charge >= 0.3 is 5.97 Å². The first kappa shape index (κ1) is 19.7. The largest absolute Gasteiger partial charge is 0.493 e. The van der Waals surface area contributed by atoms with Crippen LogP contribution in [0.2, 0.25) is 5.02 Å². The molecule has 1 N–H and O–H groups in total. The van der Waals surface area contributed by atoms with Crippen molar-refractivity contribution in [1.82, 2.24) is 0 Å². The van der Waals surface area contributed by atoms with Gasteiger partial charge in [-0.2, -0.15) is 0 Å². The van der Waals surface area contributed by atoms with Crippen molar-refractivity contribution < 1.29 is 23.5 Å². The molecular formula is C19H19ClFNO4. The maximum absolute atomic E-state index is 13.7. The van der Waals surface area contributed by atoms with Gasteiger partial charge in [0.15, 0.2) is 6.10 Å². The lowest BCUT2D eigenvalue weighted by molar-refractivity contribution is -0.153. The Labute approximate surface area is 156 Å². The molecule has 26 heavy (non-hydrogen) atoms. The van der Waals surface area contributed by atoms with E-state index in [4.69, 9.17) is 21.1 Å². The summed E-state index contributed by atoms with van der Waals surface area (Å²) >= 11 is 5.65. The number of ether oxygens (including phenoxy) is 2. The van der Waals surface area contributed by atoms with Gasteiger partial charge in [0.05, 0.1) is 18.7 Å². The lowest BCUT2D eigenvalue weighted by Gasteiger charge is -2.14. The Balaban J connectivity index is 1.76. The molecule has 0 saturated carbocycles. The molecule has 2 aromatic rings. The number of nitrogens with one attached hydrogen (secondary N) is 1. The fourth-order valence-electron chi connectivity index (χ4n) is 2.02. The fraction of sp³-hybridized carbons (Fsp3) is 0.263. The summed E-state index contributed by atoms with van der Waals surface area (Å²) in [4.78, 5) is 23.8. The van der Waals surface area contributed by atoms with Gasteiger partial charge in [0.25, 0.3) is 5.91 Å². The minimum absolute atomic E-state index is 0.0131. The molecule has 0 spiro atoms. The van der Waals surface area contributed by atoms with E-state index in [2.05, 4.69) is 5.32 Å². The number of amides is 1. The Morgan fingerprint density at radius 2 is 1.88 bits per heavy atom. The van der Waals surface area contributed by atoms with Crippen molar-refractivity contribution in [2.24, 2.45) is 0 Å². The fourth-order valence-corrected chi connectivity index (χ4v) is 2.18. The molecule has 0 aromatic heterocycles. The van der Waals surface area contributed by atoms with Crippen LogP contribution in [0.3, 0.4) is 0 Å². The predicted molar refractivity (Wildman–Crippen MR) is 96.9 cm³/mol. The molecular weight excluding hydrogens is 361 g/mol. The minimum Gasteiger partial charge on any atom is -0.493 e. The average molecular weight is 380 g/mol. The number of esters is 1. The van der Waals surface area contributed by atoms with Crippen molar-refractivity contribution in [3.63, 3.8) is 0 Å². The number of rotatable bonds is 7. The van der Waals surface area contributed by atoms with Crippen molar-refractivity contribution >= 4 is 29.2 Å². The standard InChI is InChI=1S/C19H19ClFNO4/c1-12-3-6-15(7-4-12)25-10-9-18(23)26-13(2)19(24)22-17-8-5-14(20)11-16(17)21/h3-8,11,13H,9-10H2,1-2H3,(H,22,24)/t13-/m0/s1. The number of halogens is 2. The van der Waals surface area contributed by atoms with Crippen molar-refractivity contribution in [2.75, 3.05) is 11.9 Å². The molecule has 0 heterocycles. The van der Waals surface area contributed by atoms with Crippen molar-refractivity contribution in [3.05, 3.63) is 58.9 Å². The van der Waals surface area contributed by atoms with Crippen LogP contribution in [-0.4, -0.2) is 24.6 Å². The van der Waals surface area contributed by atoms with Gasteiger partial charge in [0.1, 0.15) is 11.6 Å². The topological polar surface area (TPSA) is 64.6 Å². The molecule has 0 aliphatic heterocycles. The van der Waals surface area contributed by atoms with Crippen molar-refractivity contribution in [2.45, 2.75) is 26.4 Å². The Morgan fingerprint density at radius 3 is 2.54 bits per heavy atom. The number of anilines is 1. The maximum Gasteiger partial charge on any atom is 0.310 e. The van der Waals surface area contributed by atoms with E-state index in [9.17, 15) is 14.0 Å². The minimum atomic E-state index is -1.07. The summed E-state index contributed by atoms with van der Waals surface area (Å²) in [5.74, 6) is -1.25. The lowest BCUT2D eigenvalue weighted by atomic mass is 10.2. The monoisotopic (exact) mass is 379 g/mol. The van der Waals surface area contributed by atoms with E-state index >= 15 is 0 Å². The highest BCUT2D eigenvalue weighted by Gasteiger charge is 2.19. The molecule has 0 saturated heterocycles. The first-order chi connectivity index (χ1) is 12.3. The summed E-state index contributed by atoms with van der Waals surface area (Å²) < 4.78 is 24.1. The first-order valence-electron chi connectivity index (χ1n) is 8.00. The Hall–Kier alpha value is -2.60. The van der Waals surface area contributed by atoms with E-state index in [1.165, 1.54) is 19.1 Å². The second-order valence-electron chi connectivity index (χ2n) is 5.66. The van der Waals surface area contributed by atoms with Crippen LogP contribution in [0.1, 0.15) is 18.9 Å². The number of aryl methyl sites for hydroxylation is 1. The van der Waals surface area contributed by atoms with Crippen LogP contribution in [0.25, 0.3) is 0 Å². The number of benzene rings is 2. The molecule has 0 aliphatic carbocycles. The van der Waals surface area contributed by atoms with Crippen LogP contribution >= 0.6 is 11.6 Å². The molecule has 7 heteroatoms. The van der Waals surface area contributed by atoms with Crippen molar-refractivity contribution in [1.29, 1.82) is 0 Å². The third-order valence-corrected chi connectivity index (χ3v) is 3.70. The number of carbonyl (C=O) groups excluding carboxylic acids is 2. The number of hydrogen-bond donors (Lipinski definition) is 1. The zero-order valence-corrected chi connectivity index (χ0v) is 15.2. The van der Waals surface area contributed by atoms with Gasteiger partial charge in [0.2, 0.25) is 0 Å². The molecule has 1 amide bonds. The highest BCUT2D eigenvalue weighted by atomic mass is 35.5. The molecule has 138 valence electrons. The van der Waals surface area contributed by atoms with Gasteiger partial charge in [-0.1, -0.05) is 29.3 Å². The van der Waals surface area contributed by atoms with Crippen LogP contribution in [0.4, 0.5) is 10.1 Å². The van der Waals surface area contributed by atoms with Gasteiger partial charge in [-0.3, -0.25) is 9.59 Å². The molecule has 0 unspecified atom stereocenters. The van der Waals surface area contributed by atoms with Gasteiger partial charge in [-0.25, -0.2) is 4.39 Å². The zero-order chi connectivity index (χ0) is 19.1. The predicted octanol–water partition coefficient (Wildman–Crippen LogP) is 4.13. The molecule has 0 fully saturated rings. The molecule has 5 nitrogen and oxygen atoms in total. The Kier molecular flexibility index (Phi) is 6.97. The third kappa shape index (κ3) is 6.04. The van der Waals surface area contributed by atoms with Gasteiger partial charge < -0.3 is 14.8 Å². The van der Waals surface area contributed by atoms with E-state index in [-0.39, 0.29) is 23.7 Å². The third-order valence-electron chi connectivity index (χ3n) is 3.46. The van der Waals surface area contributed by atoms with Gasteiger partial charge in [-0.05, 0) is 44.2 Å². The maximum atomic E-state index is 13.7. The van der Waals surface area contributed by atoms with E-state index in [0.717, 1.165) is 11.6 Å². The average Bonchev–Trinajstić information content (AvgIpc) is 2.59. The summed E-state index contributed by atoms with van der Waals surface area (Å²) in [5, 5.41) is 2.56. The molecule has 0 aliphatic rings. The van der Waals surface area contributed by atoms with E-state index in [1.807, 2.05) is 19.1 Å². The van der Waals surface area contributed by atoms with E-state index in [0.29, 0.717) is 5.75 Å². The summed E-state index contributed by atoms with van der Waals surface area (Å²) in [6.07, 6.45) is -1.09.